The fourth-order valence-corrected chi connectivity index (χ4v) is 3.56. The molecule has 25 heavy (non-hydrogen) atoms. The minimum atomic E-state index is -3.74. The quantitative estimate of drug-likeness (QED) is 0.802. The summed E-state index contributed by atoms with van der Waals surface area (Å²) in [4.78, 5) is 12.3. The van der Waals surface area contributed by atoms with Gasteiger partial charge in [-0.15, -0.1) is 0 Å². The van der Waals surface area contributed by atoms with Crippen molar-refractivity contribution in [3.8, 4) is 5.75 Å². The summed E-state index contributed by atoms with van der Waals surface area (Å²) >= 11 is 11.9. The Morgan fingerprint density at radius 1 is 1.20 bits per heavy atom. The van der Waals surface area contributed by atoms with Crippen LogP contribution in [0.15, 0.2) is 42.5 Å². The molecule has 6 nitrogen and oxygen atoms in total. The van der Waals surface area contributed by atoms with E-state index in [0.29, 0.717) is 16.5 Å². The van der Waals surface area contributed by atoms with Gasteiger partial charge < -0.3 is 10.1 Å². The lowest BCUT2D eigenvalue weighted by atomic mass is 10.3. The van der Waals surface area contributed by atoms with Gasteiger partial charge in [0.15, 0.2) is 0 Å². The number of carbonyl (C=O) groups is 1. The van der Waals surface area contributed by atoms with Crippen molar-refractivity contribution in [1.82, 2.24) is 0 Å². The van der Waals surface area contributed by atoms with E-state index < -0.39 is 22.5 Å². The number of hydrogen-bond acceptors (Lipinski definition) is 4. The number of carbonyl (C=O) groups excluding carboxylic acids is 1. The molecule has 1 N–H and O–H groups in total. The topological polar surface area (TPSA) is 75.7 Å². The third kappa shape index (κ3) is 5.01. The zero-order valence-electron chi connectivity index (χ0n) is 13.5. The van der Waals surface area contributed by atoms with Crippen LogP contribution in [0.3, 0.4) is 0 Å². The monoisotopic (exact) mass is 402 g/mol. The average molecular weight is 403 g/mol. The first kappa shape index (κ1) is 19.4. The highest BCUT2D eigenvalue weighted by molar-refractivity contribution is 7.92. The Bertz CT molecular complexity index is 887. The number of para-hydroxylation sites is 2. The van der Waals surface area contributed by atoms with E-state index in [2.05, 4.69) is 5.32 Å². The van der Waals surface area contributed by atoms with E-state index in [1.807, 2.05) is 0 Å². The van der Waals surface area contributed by atoms with Gasteiger partial charge in [-0.3, -0.25) is 9.10 Å². The molecule has 0 fully saturated rings. The third-order valence-electron chi connectivity index (χ3n) is 3.25. The number of nitrogens with zero attached hydrogens (tertiary/aromatic N) is 1. The highest BCUT2D eigenvalue weighted by atomic mass is 35.5. The van der Waals surface area contributed by atoms with Crippen LogP contribution in [0.2, 0.25) is 10.0 Å². The molecule has 9 heteroatoms. The number of halogens is 2. The van der Waals surface area contributed by atoms with Crippen LogP contribution in [0.1, 0.15) is 0 Å². The Morgan fingerprint density at radius 2 is 1.88 bits per heavy atom. The first-order valence-electron chi connectivity index (χ1n) is 7.08. The van der Waals surface area contributed by atoms with E-state index in [-0.39, 0.29) is 10.7 Å². The van der Waals surface area contributed by atoms with Crippen LogP contribution >= 0.6 is 23.2 Å². The molecular weight excluding hydrogens is 387 g/mol. The van der Waals surface area contributed by atoms with E-state index in [1.54, 1.807) is 24.3 Å². The van der Waals surface area contributed by atoms with Crippen LogP contribution in [0.4, 0.5) is 11.4 Å². The Labute approximate surface area is 156 Å². The average Bonchev–Trinajstić information content (AvgIpc) is 2.53. The van der Waals surface area contributed by atoms with Crippen molar-refractivity contribution >= 4 is 50.5 Å². The predicted molar refractivity (Wildman–Crippen MR) is 100 cm³/mol. The van der Waals surface area contributed by atoms with Gasteiger partial charge in [0.25, 0.3) is 0 Å². The Balaban J connectivity index is 2.27. The molecule has 0 saturated carbocycles. The molecule has 2 rings (SSSR count). The molecule has 0 aliphatic rings. The van der Waals surface area contributed by atoms with Crippen molar-refractivity contribution in [1.29, 1.82) is 0 Å². The summed E-state index contributed by atoms with van der Waals surface area (Å²) in [6.45, 7) is -0.446. The smallest absolute Gasteiger partial charge is 0.245 e. The zero-order chi connectivity index (χ0) is 18.6. The predicted octanol–water partition coefficient (Wildman–Crippen LogP) is 3.41. The summed E-state index contributed by atoms with van der Waals surface area (Å²) in [5.74, 6) is -0.0766. The summed E-state index contributed by atoms with van der Waals surface area (Å²) in [5.41, 5.74) is 0.606. The van der Waals surface area contributed by atoms with Gasteiger partial charge in [0.05, 0.1) is 29.8 Å². The molecule has 2 aromatic rings. The molecule has 0 bridgehead atoms. The van der Waals surface area contributed by atoms with E-state index in [4.69, 9.17) is 27.9 Å². The van der Waals surface area contributed by atoms with Gasteiger partial charge in [0.1, 0.15) is 12.3 Å². The number of methoxy groups -OCH3 is 1. The Kier molecular flexibility index (Phi) is 6.16. The SMILES string of the molecule is COc1ccccc1NC(=O)CN(c1ccc(Cl)cc1Cl)S(C)(=O)=O. The maximum Gasteiger partial charge on any atom is 0.245 e. The van der Waals surface area contributed by atoms with Gasteiger partial charge in [-0.25, -0.2) is 8.42 Å². The Hall–Kier alpha value is -1.96. The number of hydrogen-bond donors (Lipinski definition) is 1. The summed E-state index contributed by atoms with van der Waals surface area (Å²) in [5, 5.41) is 3.11. The van der Waals surface area contributed by atoms with Crippen molar-refractivity contribution in [2.75, 3.05) is 29.5 Å². The molecule has 0 saturated heterocycles. The molecule has 0 aliphatic carbocycles. The van der Waals surface area contributed by atoms with Crippen LogP contribution in [0.5, 0.6) is 5.75 Å². The number of rotatable bonds is 6. The third-order valence-corrected chi connectivity index (χ3v) is 4.91. The molecule has 0 atom stereocenters. The number of nitrogens with one attached hydrogen (secondary N) is 1. The lowest BCUT2D eigenvalue weighted by Gasteiger charge is -2.23. The van der Waals surface area contributed by atoms with Crippen LogP contribution in [-0.2, 0) is 14.8 Å². The number of ether oxygens (including phenoxy) is 1. The largest absolute Gasteiger partial charge is 0.495 e. The first-order valence-corrected chi connectivity index (χ1v) is 9.68. The summed E-state index contributed by atoms with van der Waals surface area (Å²) < 4.78 is 30.3. The second-order valence-electron chi connectivity index (χ2n) is 5.11. The van der Waals surface area contributed by atoms with Gasteiger partial charge in [-0.2, -0.15) is 0 Å². The highest BCUT2D eigenvalue weighted by Gasteiger charge is 2.23. The number of amides is 1. The van der Waals surface area contributed by atoms with Gasteiger partial charge in [-0.05, 0) is 30.3 Å². The normalized spacial score (nSPS) is 11.0. The number of anilines is 2. The zero-order valence-corrected chi connectivity index (χ0v) is 15.8. The molecule has 0 heterocycles. The molecular formula is C16H16Cl2N2O4S. The first-order chi connectivity index (χ1) is 11.7. The van der Waals surface area contributed by atoms with Crippen LogP contribution in [0, 0.1) is 0 Å². The van der Waals surface area contributed by atoms with Crippen molar-refractivity contribution < 1.29 is 17.9 Å². The Morgan fingerprint density at radius 3 is 2.48 bits per heavy atom. The number of sulfonamides is 1. The second-order valence-corrected chi connectivity index (χ2v) is 7.86. The lowest BCUT2D eigenvalue weighted by Crippen LogP contribution is -2.37. The highest BCUT2D eigenvalue weighted by Crippen LogP contribution is 2.30. The van der Waals surface area contributed by atoms with Crippen LogP contribution in [-0.4, -0.2) is 34.2 Å². The van der Waals surface area contributed by atoms with Gasteiger partial charge >= 0.3 is 0 Å². The van der Waals surface area contributed by atoms with E-state index in [9.17, 15) is 13.2 Å². The molecule has 0 radical (unpaired) electrons. The molecule has 0 spiro atoms. The fraction of sp³-hybridized carbons (Fsp3) is 0.188. The van der Waals surface area contributed by atoms with E-state index >= 15 is 0 Å². The van der Waals surface area contributed by atoms with E-state index in [0.717, 1.165) is 10.6 Å². The second kappa shape index (κ2) is 7.95. The molecule has 0 unspecified atom stereocenters. The molecule has 0 aliphatic heterocycles. The summed E-state index contributed by atoms with van der Waals surface area (Å²) in [6.07, 6.45) is 0.994. The minimum absolute atomic E-state index is 0.128. The van der Waals surface area contributed by atoms with Gasteiger partial charge in [0.2, 0.25) is 15.9 Å². The van der Waals surface area contributed by atoms with Crippen molar-refractivity contribution in [2.45, 2.75) is 0 Å². The molecule has 1 amide bonds. The summed E-state index contributed by atoms with van der Waals surface area (Å²) in [7, 11) is -2.27. The van der Waals surface area contributed by atoms with Gasteiger partial charge in [-0.1, -0.05) is 35.3 Å². The number of benzene rings is 2. The molecule has 2 aromatic carbocycles. The maximum absolute atomic E-state index is 12.3. The molecule has 0 aromatic heterocycles. The van der Waals surface area contributed by atoms with Crippen molar-refractivity contribution in [3.05, 3.63) is 52.5 Å². The van der Waals surface area contributed by atoms with Crippen LogP contribution < -0.4 is 14.4 Å². The lowest BCUT2D eigenvalue weighted by molar-refractivity contribution is -0.114. The van der Waals surface area contributed by atoms with E-state index in [1.165, 1.54) is 25.3 Å². The maximum atomic E-state index is 12.3. The van der Waals surface area contributed by atoms with Crippen LogP contribution in [0.25, 0.3) is 0 Å². The minimum Gasteiger partial charge on any atom is -0.495 e. The van der Waals surface area contributed by atoms with Gasteiger partial charge in [0, 0.05) is 5.02 Å². The van der Waals surface area contributed by atoms with Crippen molar-refractivity contribution in [2.24, 2.45) is 0 Å². The fourth-order valence-electron chi connectivity index (χ4n) is 2.13. The standard InChI is InChI=1S/C16H16Cl2N2O4S/c1-24-15-6-4-3-5-13(15)19-16(21)10-20(25(2,22)23)14-8-7-11(17)9-12(14)18/h3-9H,10H2,1-2H3,(H,19,21). The van der Waals surface area contributed by atoms with Crippen molar-refractivity contribution in [3.63, 3.8) is 0 Å². The molecule has 134 valence electrons. The summed E-state index contributed by atoms with van der Waals surface area (Å²) in [6, 6.07) is 11.2.